The van der Waals surface area contributed by atoms with Gasteiger partial charge in [0.15, 0.2) is 6.61 Å². The SMILES string of the molecule is CCCN1C(=O)CCc2cc(OCC(=O)O)ccc21. The second-order valence-corrected chi connectivity index (χ2v) is 4.52. The normalized spacial score (nSPS) is 14.2. The molecule has 1 amide bonds. The third kappa shape index (κ3) is 3.05. The maximum atomic E-state index is 11.9. The fourth-order valence-electron chi connectivity index (χ4n) is 2.24. The fourth-order valence-corrected chi connectivity index (χ4v) is 2.24. The molecule has 102 valence electrons. The number of amides is 1. The van der Waals surface area contributed by atoms with E-state index in [1.807, 2.05) is 19.1 Å². The highest BCUT2D eigenvalue weighted by Gasteiger charge is 2.23. The highest BCUT2D eigenvalue weighted by atomic mass is 16.5. The van der Waals surface area contributed by atoms with Crippen LogP contribution in [0.5, 0.6) is 5.75 Å². The zero-order chi connectivity index (χ0) is 13.8. The second-order valence-electron chi connectivity index (χ2n) is 4.52. The van der Waals surface area contributed by atoms with Gasteiger partial charge in [0.2, 0.25) is 5.91 Å². The Balaban J connectivity index is 2.20. The van der Waals surface area contributed by atoms with Gasteiger partial charge in [0, 0.05) is 18.7 Å². The Morgan fingerprint density at radius 1 is 1.42 bits per heavy atom. The number of anilines is 1. The summed E-state index contributed by atoms with van der Waals surface area (Å²) in [6, 6.07) is 5.37. The Labute approximate surface area is 111 Å². The summed E-state index contributed by atoms with van der Waals surface area (Å²) in [5.41, 5.74) is 1.96. The summed E-state index contributed by atoms with van der Waals surface area (Å²) in [7, 11) is 0. The van der Waals surface area contributed by atoms with E-state index in [1.165, 1.54) is 0 Å². The van der Waals surface area contributed by atoms with E-state index < -0.39 is 5.97 Å². The van der Waals surface area contributed by atoms with Crippen LogP contribution in [-0.2, 0) is 16.0 Å². The molecule has 1 heterocycles. The van der Waals surface area contributed by atoms with Gasteiger partial charge in [-0.15, -0.1) is 0 Å². The Kier molecular flexibility index (Phi) is 4.04. The van der Waals surface area contributed by atoms with Crippen LogP contribution in [0.2, 0.25) is 0 Å². The highest BCUT2D eigenvalue weighted by molar-refractivity contribution is 5.96. The molecule has 1 N–H and O–H groups in total. The molecule has 0 unspecified atom stereocenters. The number of carbonyl (C=O) groups excluding carboxylic acids is 1. The van der Waals surface area contributed by atoms with Gasteiger partial charge in [-0.3, -0.25) is 4.79 Å². The van der Waals surface area contributed by atoms with Gasteiger partial charge in [-0.05, 0) is 36.6 Å². The number of carbonyl (C=O) groups is 2. The van der Waals surface area contributed by atoms with E-state index >= 15 is 0 Å². The van der Waals surface area contributed by atoms with Crippen LogP contribution in [0.4, 0.5) is 5.69 Å². The lowest BCUT2D eigenvalue weighted by atomic mass is 10.0. The average molecular weight is 263 g/mol. The van der Waals surface area contributed by atoms with Crippen molar-refractivity contribution in [3.63, 3.8) is 0 Å². The number of nitrogens with zero attached hydrogens (tertiary/aromatic N) is 1. The van der Waals surface area contributed by atoms with Crippen LogP contribution < -0.4 is 9.64 Å². The Morgan fingerprint density at radius 3 is 2.89 bits per heavy atom. The molecule has 0 fully saturated rings. The van der Waals surface area contributed by atoms with Crippen LogP contribution in [-0.4, -0.2) is 30.1 Å². The van der Waals surface area contributed by atoms with Gasteiger partial charge in [-0.1, -0.05) is 6.92 Å². The number of carboxylic acid groups (broad SMARTS) is 1. The van der Waals surface area contributed by atoms with E-state index in [0.717, 1.165) is 17.7 Å². The van der Waals surface area contributed by atoms with Gasteiger partial charge < -0.3 is 14.7 Å². The molecule has 5 nitrogen and oxygen atoms in total. The standard InChI is InChI=1S/C14H17NO4/c1-2-7-15-12-5-4-11(19-9-14(17)18)8-10(12)3-6-13(15)16/h4-5,8H,2-3,6-7,9H2,1H3,(H,17,18). The number of aryl methyl sites for hydroxylation is 1. The zero-order valence-corrected chi connectivity index (χ0v) is 10.9. The topological polar surface area (TPSA) is 66.8 Å². The predicted molar refractivity (Wildman–Crippen MR) is 70.5 cm³/mol. The van der Waals surface area contributed by atoms with Crippen molar-refractivity contribution in [2.24, 2.45) is 0 Å². The Morgan fingerprint density at radius 2 is 2.21 bits per heavy atom. The van der Waals surface area contributed by atoms with Gasteiger partial charge in [-0.2, -0.15) is 0 Å². The molecule has 0 aromatic heterocycles. The van der Waals surface area contributed by atoms with E-state index in [0.29, 0.717) is 25.1 Å². The first-order valence-corrected chi connectivity index (χ1v) is 6.39. The minimum Gasteiger partial charge on any atom is -0.482 e. The first-order chi connectivity index (χ1) is 9.11. The number of fused-ring (bicyclic) bond motifs is 1. The molecule has 0 saturated carbocycles. The molecule has 2 rings (SSSR count). The number of hydrogen-bond acceptors (Lipinski definition) is 3. The first-order valence-electron chi connectivity index (χ1n) is 6.39. The molecule has 5 heteroatoms. The van der Waals surface area contributed by atoms with E-state index in [2.05, 4.69) is 0 Å². The molecule has 1 aliphatic heterocycles. The molecule has 0 radical (unpaired) electrons. The second kappa shape index (κ2) is 5.73. The van der Waals surface area contributed by atoms with E-state index in [-0.39, 0.29) is 12.5 Å². The van der Waals surface area contributed by atoms with Crippen molar-refractivity contribution in [3.05, 3.63) is 23.8 Å². The highest BCUT2D eigenvalue weighted by Crippen LogP contribution is 2.31. The molecule has 0 atom stereocenters. The third-order valence-corrected chi connectivity index (χ3v) is 3.06. The predicted octanol–water partition coefficient (Wildman–Crippen LogP) is 1.84. The molecule has 0 saturated heterocycles. The molecule has 1 aromatic carbocycles. The minimum absolute atomic E-state index is 0.147. The summed E-state index contributed by atoms with van der Waals surface area (Å²) in [5, 5.41) is 8.58. The molecule has 19 heavy (non-hydrogen) atoms. The van der Waals surface area contributed by atoms with Gasteiger partial charge in [0.25, 0.3) is 0 Å². The van der Waals surface area contributed by atoms with Crippen LogP contribution in [0.15, 0.2) is 18.2 Å². The lowest BCUT2D eigenvalue weighted by molar-refractivity contribution is -0.139. The molecule has 1 aliphatic rings. The number of benzene rings is 1. The zero-order valence-electron chi connectivity index (χ0n) is 10.9. The quantitative estimate of drug-likeness (QED) is 0.880. The lowest BCUT2D eigenvalue weighted by Gasteiger charge is -2.29. The monoisotopic (exact) mass is 263 g/mol. The minimum atomic E-state index is -1.000. The summed E-state index contributed by atoms with van der Waals surface area (Å²) in [4.78, 5) is 24.1. The van der Waals surface area contributed by atoms with Crippen molar-refractivity contribution in [3.8, 4) is 5.75 Å². The van der Waals surface area contributed by atoms with Gasteiger partial charge in [0.05, 0.1) is 0 Å². The summed E-state index contributed by atoms with van der Waals surface area (Å²) in [5.74, 6) is -0.319. The molecule has 0 spiro atoms. The van der Waals surface area contributed by atoms with E-state index in [1.54, 1.807) is 11.0 Å². The summed E-state index contributed by atoms with van der Waals surface area (Å²) in [6.45, 7) is 2.39. The third-order valence-electron chi connectivity index (χ3n) is 3.06. The fraction of sp³-hybridized carbons (Fsp3) is 0.429. The van der Waals surface area contributed by atoms with E-state index in [9.17, 15) is 9.59 Å². The summed E-state index contributed by atoms with van der Waals surface area (Å²) < 4.78 is 5.15. The van der Waals surface area contributed by atoms with Crippen LogP contribution >= 0.6 is 0 Å². The van der Waals surface area contributed by atoms with Crippen LogP contribution in [0.3, 0.4) is 0 Å². The van der Waals surface area contributed by atoms with Gasteiger partial charge >= 0.3 is 5.97 Å². The Bertz CT molecular complexity index is 498. The van der Waals surface area contributed by atoms with Crippen LogP contribution in [0, 0.1) is 0 Å². The van der Waals surface area contributed by atoms with Crippen molar-refractivity contribution in [2.75, 3.05) is 18.1 Å². The summed E-state index contributed by atoms with van der Waals surface area (Å²) in [6.07, 6.45) is 2.08. The average Bonchev–Trinajstić information content (AvgIpc) is 2.39. The molecule has 1 aromatic rings. The molecule has 0 bridgehead atoms. The van der Waals surface area contributed by atoms with Crippen LogP contribution in [0.1, 0.15) is 25.3 Å². The Hall–Kier alpha value is -2.04. The van der Waals surface area contributed by atoms with Gasteiger partial charge in [0.1, 0.15) is 5.75 Å². The number of rotatable bonds is 5. The van der Waals surface area contributed by atoms with Crippen molar-refractivity contribution in [2.45, 2.75) is 26.2 Å². The lowest BCUT2D eigenvalue weighted by Crippen LogP contribution is -2.35. The van der Waals surface area contributed by atoms with Crippen LogP contribution in [0.25, 0.3) is 0 Å². The number of carboxylic acids is 1. The molecule has 0 aliphatic carbocycles. The number of ether oxygens (including phenoxy) is 1. The van der Waals surface area contributed by atoms with Crippen molar-refractivity contribution in [1.29, 1.82) is 0 Å². The van der Waals surface area contributed by atoms with Crippen molar-refractivity contribution in [1.82, 2.24) is 0 Å². The maximum absolute atomic E-state index is 11.9. The van der Waals surface area contributed by atoms with Crippen molar-refractivity contribution < 1.29 is 19.4 Å². The first kappa shape index (κ1) is 13.4. The van der Waals surface area contributed by atoms with Gasteiger partial charge in [-0.25, -0.2) is 4.79 Å². The molecular weight excluding hydrogens is 246 g/mol. The smallest absolute Gasteiger partial charge is 0.341 e. The molecular formula is C14H17NO4. The largest absolute Gasteiger partial charge is 0.482 e. The maximum Gasteiger partial charge on any atom is 0.341 e. The number of aliphatic carboxylic acids is 1. The number of hydrogen-bond donors (Lipinski definition) is 1. The summed E-state index contributed by atoms with van der Waals surface area (Å²) >= 11 is 0. The van der Waals surface area contributed by atoms with Crippen molar-refractivity contribution >= 4 is 17.6 Å². The van der Waals surface area contributed by atoms with E-state index in [4.69, 9.17) is 9.84 Å².